The van der Waals surface area contributed by atoms with Gasteiger partial charge in [0.25, 0.3) is 0 Å². The number of hydrogen-bond acceptors (Lipinski definition) is 1. The van der Waals surface area contributed by atoms with Crippen molar-refractivity contribution in [3.63, 3.8) is 0 Å². The first-order valence-corrected chi connectivity index (χ1v) is 9.52. The van der Waals surface area contributed by atoms with Gasteiger partial charge in [0.1, 0.15) is 5.75 Å². The van der Waals surface area contributed by atoms with E-state index in [4.69, 9.17) is 0 Å². The Morgan fingerprint density at radius 3 is 2.00 bits per heavy atom. The highest BCUT2D eigenvalue weighted by molar-refractivity contribution is 5.45. The molecule has 1 heteroatoms. The number of aromatic hydroxyl groups is 1. The number of benzene rings is 2. The highest BCUT2D eigenvalue weighted by atomic mass is 16.3. The molecule has 2 rings (SSSR count). The molecule has 2 aromatic rings. The SMILES string of the molecule is CCCCCCCCCC(C)(c1ccccc1)c1ccccc1O. The van der Waals surface area contributed by atoms with E-state index in [1.54, 1.807) is 6.07 Å². The molecule has 0 heterocycles. The second-order valence-electron chi connectivity index (χ2n) is 7.09. The quantitative estimate of drug-likeness (QED) is 0.474. The van der Waals surface area contributed by atoms with Crippen LogP contribution < -0.4 is 0 Å². The van der Waals surface area contributed by atoms with Crippen molar-refractivity contribution < 1.29 is 5.11 Å². The number of hydrogen-bond donors (Lipinski definition) is 1. The Labute approximate surface area is 147 Å². The molecule has 1 nitrogen and oxygen atoms in total. The summed E-state index contributed by atoms with van der Waals surface area (Å²) in [5, 5.41) is 10.4. The van der Waals surface area contributed by atoms with E-state index in [0.717, 1.165) is 12.0 Å². The van der Waals surface area contributed by atoms with Crippen molar-refractivity contribution in [2.75, 3.05) is 0 Å². The van der Waals surface area contributed by atoms with Crippen molar-refractivity contribution in [3.8, 4) is 5.75 Å². The van der Waals surface area contributed by atoms with Crippen LogP contribution in [0.2, 0.25) is 0 Å². The standard InChI is InChI=1S/C23H32O/c1-3-4-5-6-7-8-14-19-23(2,20-15-10-9-11-16-20)21-17-12-13-18-22(21)24/h9-13,15-18,24H,3-8,14,19H2,1-2H3. The Balaban J connectivity index is 2.06. The first-order valence-electron chi connectivity index (χ1n) is 9.52. The first-order chi connectivity index (χ1) is 11.7. The lowest BCUT2D eigenvalue weighted by Gasteiger charge is -2.32. The molecule has 1 atom stereocenters. The second-order valence-corrected chi connectivity index (χ2v) is 7.09. The van der Waals surface area contributed by atoms with Gasteiger partial charge in [-0.25, -0.2) is 0 Å². The van der Waals surface area contributed by atoms with Crippen LogP contribution in [0.15, 0.2) is 54.6 Å². The predicted octanol–water partition coefficient (Wildman–Crippen LogP) is 6.84. The van der Waals surface area contributed by atoms with Crippen LogP contribution in [0, 0.1) is 0 Å². The molecule has 0 radical (unpaired) electrons. The third-order valence-corrected chi connectivity index (χ3v) is 5.19. The molecule has 2 aromatic carbocycles. The fraction of sp³-hybridized carbons (Fsp3) is 0.478. The van der Waals surface area contributed by atoms with Crippen LogP contribution in [0.5, 0.6) is 5.75 Å². The molecule has 0 spiro atoms. The third kappa shape index (κ3) is 4.87. The Bertz CT molecular complexity index is 590. The molecule has 0 aromatic heterocycles. The van der Waals surface area contributed by atoms with Gasteiger partial charge in [0.15, 0.2) is 0 Å². The van der Waals surface area contributed by atoms with Crippen LogP contribution in [0.4, 0.5) is 0 Å². The molecule has 1 N–H and O–H groups in total. The zero-order valence-electron chi connectivity index (χ0n) is 15.3. The van der Waals surface area contributed by atoms with Crippen LogP contribution in [-0.2, 0) is 5.41 Å². The number of unbranched alkanes of at least 4 members (excludes halogenated alkanes) is 6. The zero-order valence-corrected chi connectivity index (χ0v) is 15.3. The number of phenolic OH excluding ortho intramolecular Hbond substituents is 1. The summed E-state index contributed by atoms with van der Waals surface area (Å²) in [7, 11) is 0. The molecular formula is C23H32O. The van der Waals surface area contributed by atoms with Crippen molar-refractivity contribution >= 4 is 0 Å². The Morgan fingerprint density at radius 1 is 0.750 bits per heavy atom. The Kier molecular flexibility index (Phi) is 7.36. The summed E-state index contributed by atoms with van der Waals surface area (Å²) in [4.78, 5) is 0. The normalized spacial score (nSPS) is 13.6. The molecule has 0 bridgehead atoms. The van der Waals surface area contributed by atoms with Crippen molar-refractivity contribution in [1.82, 2.24) is 0 Å². The van der Waals surface area contributed by atoms with Gasteiger partial charge in [-0.2, -0.15) is 0 Å². The lowest BCUT2D eigenvalue weighted by atomic mass is 9.72. The average molecular weight is 325 g/mol. The maximum absolute atomic E-state index is 10.4. The van der Waals surface area contributed by atoms with Crippen molar-refractivity contribution in [2.24, 2.45) is 0 Å². The fourth-order valence-electron chi connectivity index (χ4n) is 3.62. The molecule has 0 saturated carbocycles. The van der Waals surface area contributed by atoms with Gasteiger partial charge >= 0.3 is 0 Å². The Hall–Kier alpha value is -1.76. The van der Waals surface area contributed by atoms with E-state index in [0.29, 0.717) is 5.75 Å². The minimum absolute atomic E-state index is 0.129. The summed E-state index contributed by atoms with van der Waals surface area (Å²) < 4.78 is 0. The maximum atomic E-state index is 10.4. The molecule has 130 valence electrons. The molecule has 1 unspecified atom stereocenters. The van der Waals surface area contributed by atoms with E-state index in [1.807, 2.05) is 12.1 Å². The molecule has 0 saturated heterocycles. The van der Waals surface area contributed by atoms with Crippen molar-refractivity contribution in [3.05, 3.63) is 65.7 Å². The molecule has 0 aliphatic rings. The topological polar surface area (TPSA) is 20.2 Å². The van der Waals surface area contributed by atoms with E-state index in [1.165, 1.54) is 50.5 Å². The molecule has 0 fully saturated rings. The summed E-state index contributed by atoms with van der Waals surface area (Å²) in [6, 6.07) is 18.4. The number of phenols is 1. The van der Waals surface area contributed by atoms with E-state index in [9.17, 15) is 5.11 Å². The molecule has 0 amide bonds. The van der Waals surface area contributed by atoms with Gasteiger partial charge in [0, 0.05) is 11.0 Å². The summed E-state index contributed by atoms with van der Waals surface area (Å²) in [5.74, 6) is 0.409. The fourth-order valence-corrected chi connectivity index (χ4v) is 3.62. The third-order valence-electron chi connectivity index (χ3n) is 5.19. The number of rotatable bonds is 10. The van der Waals surface area contributed by atoms with Crippen LogP contribution in [0.3, 0.4) is 0 Å². The zero-order chi connectivity index (χ0) is 17.3. The van der Waals surface area contributed by atoms with Crippen molar-refractivity contribution in [1.29, 1.82) is 0 Å². The average Bonchev–Trinajstić information content (AvgIpc) is 2.62. The molecule has 0 aliphatic carbocycles. The van der Waals surface area contributed by atoms with Crippen LogP contribution in [0.25, 0.3) is 0 Å². The van der Waals surface area contributed by atoms with Gasteiger partial charge in [-0.15, -0.1) is 0 Å². The molecule has 0 aliphatic heterocycles. The van der Waals surface area contributed by atoms with E-state index in [-0.39, 0.29) is 5.41 Å². The summed E-state index contributed by atoms with van der Waals surface area (Å²) >= 11 is 0. The summed E-state index contributed by atoms with van der Waals surface area (Å²) in [6.45, 7) is 4.53. The monoisotopic (exact) mass is 324 g/mol. The summed E-state index contributed by atoms with van der Waals surface area (Å²) in [6.07, 6.45) is 10.3. The highest BCUT2D eigenvalue weighted by Crippen LogP contribution is 2.41. The van der Waals surface area contributed by atoms with Gasteiger partial charge in [-0.3, -0.25) is 0 Å². The molecular weight excluding hydrogens is 292 g/mol. The predicted molar refractivity (Wildman–Crippen MR) is 104 cm³/mol. The van der Waals surface area contributed by atoms with Gasteiger partial charge in [-0.05, 0) is 18.1 Å². The number of para-hydroxylation sites is 1. The van der Waals surface area contributed by atoms with Gasteiger partial charge in [-0.1, -0.05) is 107 Å². The smallest absolute Gasteiger partial charge is 0.119 e. The largest absolute Gasteiger partial charge is 0.508 e. The second kappa shape index (κ2) is 9.52. The van der Waals surface area contributed by atoms with Crippen molar-refractivity contribution in [2.45, 2.75) is 70.6 Å². The lowest BCUT2D eigenvalue weighted by molar-refractivity contribution is 0.423. The first kappa shape index (κ1) is 18.6. The van der Waals surface area contributed by atoms with E-state index >= 15 is 0 Å². The molecule has 24 heavy (non-hydrogen) atoms. The van der Waals surface area contributed by atoms with E-state index in [2.05, 4.69) is 50.2 Å². The van der Waals surface area contributed by atoms with Gasteiger partial charge in [0.05, 0.1) is 0 Å². The minimum Gasteiger partial charge on any atom is -0.508 e. The Morgan fingerprint density at radius 2 is 1.33 bits per heavy atom. The van der Waals surface area contributed by atoms with Gasteiger partial charge in [0.2, 0.25) is 0 Å². The summed E-state index contributed by atoms with van der Waals surface area (Å²) in [5.41, 5.74) is 2.20. The van der Waals surface area contributed by atoms with Crippen LogP contribution in [-0.4, -0.2) is 5.11 Å². The van der Waals surface area contributed by atoms with E-state index < -0.39 is 0 Å². The minimum atomic E-state index is -0.129. The van der Waals surface area contributed by atoms with Crippen LogP contribution in [0.1, 0.15) is 76.3 Å². The maximum Gasteiger partial charge on any atom is 0.119 e. The lowest BCUT2D eigenvalue weighted by Crippen LogP contribution is -2.23. The van der Waals surface area contributed by atoms with Gasteiger partial charge < -0.3 is 5.11 Å². The highest BCUT2D eigenvalue weighted by Gasteiger charge is 2.30. The van der Waals surface area contributed by atoms with Crippen LogP contribution >= 0.6 is 0 Å².